The lowest BCUT2D eigenvalue weighted by Crippen LogP contribution is -2.46. The summed E-state index contributed by atoms with van der Waals surface area (Å²) in [5, 5.41) is 8.51. The number of rotatable bonds is 7. The van der Waals surface area contributed by atoms with Gasteiger partial charge in [-0.15, -0.1) is 0 Å². The third-order valence-electron chi connectivity index (χ3n) is 2.61. The minimum atomic E-state index is -1.34. The molecular formula is C13H16N2O4. The van der Waals surface area contributed by atoms with Gasteiger partial charge in [0.05, 0.1) is 18.5 Å². The fourth-order valence-corrected chi connectivity index (χ4v) is 1.61. The van der Waals surface area contributed by atoms with Crippen LogP contribution in [-0.2, 0) is 20.8 Å². The van der Waals surface area contributed by atoms with Crippen molar-refractivity contribution in [2.45, 2.75) is 24.9 Å². The van der Waals surface area contributed by atoms with Crippen molar-refractivity contribution < 1.29 is 19.5 Å². The Morgan fingerprint density at radius 1 is 1.00 bits per heavy atom. The Bertz CT molecular complexity index is 473. The lowest BCUT2D eigenvalue weighted by atomic mass is 9.97. The molecule has 0 amide bonds. The average molecular weight is 264 g/mol. The molecule has 0 heterocycles. The molecule has 0 spiro atoms. The first-order chi connectivity index (χ1) is 8.91. The van der Waals surface area contributed by atoms with Crippen molar-refractivity contribution in [3.8, 4) is 0 Å². The van der Waals surface area contributed by atoms with E-state index in [0.717, 1.165) is 5.56 Å². The second kappa shape index (κ2) is 6.77. The van der Waals surface area contributed by atoms with Crippen LogP contribution in [0, 0.1) is 0 Å². The minimum absolute atomic E-state index is 0.213. The van der Waals surface area contributed by atoms with E-state index in [0.29, 0.717) is 0 Å². The van der Waals surface area contributed by atoms with E-state index in [-0.39, 0.29) is 6.42 Å². The number of ketones is 2. The quantitative estimate of drug-likeness (QED) is 0.570. The highest BCUT2D eigenvalue weighted by Crippen LogP contribution is 2.04. The standard InChI is InChI=1S/C13H16N2O4/c14-9(6-8-4-2-1-3-5-8)12(18)13(19)10(15)7-11(16)17/h1-5,9-10H,6-7,14-15H2,(H,16,17)/t9-,10-/m0/s1. The van der Waals surface area contributed by atoms with Gasteiger partial charge in [-0.05, 0) is 12.0 Å². The lowest BCUT2D eigenvalue weighted by molar-refractivity contribution is -0.142. The molecule has 1 aromatic carbocycles. The van der Waals surface area contributed by atoms with E-state index in [1.807, 2.05) is 6.07 Å². The summed E-state index contributed by atoms with van der Waals surface area (Å²) in [5.41, 5.74) is 11.8. The fraction of sp³-hybridized carbons (Fsp3) is 0.308. The van der Waals surface area contributed by atoms with E-state index in [2.05, 4.69) is 0 Å². The smallest absolute Gasteiger partial charge is 0.305 e. The minimum Gasteiger partial charge on any atom is -0.481 e. The van der Waals surface area contributed by atoms with Crippen LogP contribution in [0.15, 0.2) is 30.3 Å². The maximum Gasteiger partial charge on any atom is 0.305 e. The van der Waals surface area contributed by atoms with Crippen molar-refractivity contribution >= 4 is 17.5 Å². The number of benzene rings is 1. The van der Waals surface area contributed by atoms with Crippen LogP contribution in [0.5, 0.6) is 0 Å². The van der Waals surface area contributed by atoms with Crippen LogP contribution in [0.25, 0.3) is 0 Å². The molecule has 6 nitrogen and oxygen atoms in total. The molecule has 102 valence electrons. The molecular weight excluding hydrogens is 248 g/mol. The highest BCUT2D eigenvalue weighted by Gasteiger charge is 2.28. The Hall–Kier alpha value is -2.05. The number of carboxylic acids is 1. The number of Topliss-reactive ketones (excluding diaryl/α,β-unsaturated/α-hetero) is 2. The van der Waals surface area contributed by atoms with E-state index < -0.39 is 36.0 Å². The monoisotopic (exact) mass is 264 g/mol. The normalized spacial score (nSPS) is 13.6. The number of carbonyl (C=O) groups is 3. The van der Waals surface area contributed by atoms with Gasteiger partial charge in [-0.25, -0.2) is 0 Å². The summed E-state index contributed by atoms with van der Waals surface area (Å²) in [7, 11) is 0. The van der Waals surface area contributed by atoms with Crippen LogP contribution in [0.2, 0.25) is 0 Å². The topological polar surface area (TPSA) is 123 Å². The van der Waals surface area contributed by atoms with Gasteiger partial charge >= 0.3 is 5.97 Å². The first-order valence-electron chi connectivity index (χ1n) is 5.76. The summed E-state index contributed by atoms with van der Waals surface area (Å²) < 4.78 is 0. The Balaban J connectivity index is 2.61. The molecule has 0 saturated heterocycles. The van der Waals surface area contributed by atoms with E-state index in [1.54, 1.807) is 24.3 Å². The zero-order valence-electron chi connectivity index (χ0n) is 10.3. The molecule has 5 N–H and O–H groups in total. The van der Waals surface area contributed by atoms with Gasteiger partial charge in [0.2, 0.25) is 11.6 Å². The zero-order valence-corrected chi connectivity index (χ0v) is 10.3. The number of hydrogen-bond acceptors (Lipinski definition) is 5. The van der Waals surface area contributed by atoms with Crippen LogP contribution in [0.4, 0.5) is 0 Å². The average Bonchev–Trinajstić information content (AvgIpc) is 2.37. The summed E-state index contributed by atoms with van der Waals surface area (Å²) in [6.07, 6.45) is -0.367. The van der Waals surface area contributed by atoms with Crippen molar-refractivity contribution in [1.82, 2.24) is 0 Å². The lowest BCUT2D eigenvalue weighted by Gasteiger charge is -2.12. The molecule has 2 atom stereocenters. The summed E-state index contributed by atoms with van der Waals surface area (Å²) >= 11 is 0. The van der Waals surface area contributed by atoms with Crippen molar-refractivity contribution in [2.75, 3.05) is 0 Å². The zero-order chi connectivity index (χ0) is 14.4. The number of hydrogen-bond donors (Lipinski definition) is 3. The SMILES string of the molecule is N[C@@H](CC(=O)O)C(=O)C(=O)[C@@H](N)Cc1ccccc1. The Morgan fingerprint density at radius 3 is 2.05 bits per heavy atom. The molecule has 0 radical (unpaired) electrons. The van der Waals surface area contributed by atoms with Gasteiger partial charge in [-0.2, -0.15) is 0 Å². The molecule has 1 aromatic rings. The molecule has 19 heavy (non-hydrogen) atoms. The maximum absolute atomic E-state index is 11.7. The number of carbonyl (C=O) groups excluding carboxylic acids is 2. The molecule has 0 aliphatic heterocycles. The fourth-order valence-electron chi connectivity index (χ4n) is 1.61. The molecule has 0 unspecified atom stereocenters. The molecule has 0 aliphatic carbocycles. The molecule has 0 fully saturated rings. The highest BCUT2D eigenvalue weighted by atomic mass is 16.4. The third-order valence-corrected chi connectivity index (χ3v) is 2.61. The second-order valence-corrected chi connectivity index (χ2v) is 4.23. The van der Waals surface area contributed by atoms with Crippen LogP contribution in [0.3, 0.4) is 0 Å². The second-order valence-electron chi connectivity index (χ2n) is 4.23. The molecule has 0 bridgehead atoms. The van der Waals surface area contributed by atoms with Crippen molar-refractivity contribution in [3.05, 3.63) is 35.9 Å². The molecule has 1 rings (SSSR count). The van der Waals surface area contributed by atoms with E-state index >= 15 is 0 Å². The Labute approximate surface area is 110 Å². The summed E-state index contributed by atoms with van der Waals surface area (Å²) in [5.74, 6) is -3.01. The van der Waals surface area contributed by atoms with Gasteiger partial charge < -0.3 is 16.6 Å². The van der Waals surface area contributed by atoms with Gasteiger partial charge in [-0.3, -0.25) is 14.4 Å². The predicted octanol–water partition coefficient (Wildman–Crippen LogP) is -0.503. The molecule has 0 aliphatic rings. The predicted molar refractivity (Wildman–Crippen MR) is 68.4 cm³/mol. The van der Waals surface area contributed by atoms with Crippen LogP contribution in [-0.4, -0.2) is 34.7 Å². The molecule has 0 saturated carbocycles. The van der Waals surface area contributed by atoms with Crippen LogP contribution >= 0.6 is 0 Å². The first kappa shape index (κ1) is 15.0. The summed E-state index contributed by atoms with van der Waals surface area (Å²) in [6.45, 7) is 0. The number of aliphatic carboxylic acids is 1. The summed E-state index contributed by atoms with van der Waals surface area (Å²) in [6, 6.07) is 6.64. The number of carboxylic acid groups (broad SMARTS) is 1. The van der Waals surface area contributed by atoms with Crippen molar-refractivity contribution in [2.24, 2.45) is 11.5 Å². The largest absolute Gasteiger partial charge is 0.481 e. The van der Waals surface area contributed by atoms with Gasteiger partial charge in [-0.1, -0.05) is 30.3 Å². The van der Waals surface area contributed by atoms with Gasteiger partial charge in [0.25, 0.3) is 0 Å². The maximum atomic E-state index is 11.7. The highest BCUT2D eigenvalue weighted by molar-refractivity contribution is 6.41. The van der Waals surface area contributed by atoms with Gasteiger partial charge in [0.1, 0.15) is 0 Å². The number of nitrogens with two attached hydrogens (primary N) is 2. The van der Waals surface area contributed by atoms with Crippen molar-refractivity contribution in [3.63, 3.8) is 0 Å². The van der Waals surface area contributed by atoms with Crippen LogP contribution in [0.1, 0.15) is 12.0 Å². The Kier molecular flexibility index (Phi) is 5.35. The van der Waals surface area contributed by atoms with Gasteiger partial charge in [0, 0.05) is 0 Å². The molecule has 6 heteroatoms. The van der Waals surface area contributed by atoms with Crippen molar-refractivity contribution in [1.29, 1.82) is 0 Å². The van der Waals surface area contributed by atoms with E-state index in [9.17, 15) is 14.4 Å². The summed E-state index contributed by atoms with van der Waals surface area (Å²) in [4.78, 5) is 33.7. The van der Waals surface area contributed by atoms with E-state index in [1.165, 1.54) is 0 Å². The Morgan fingerprint density at radius 2 is 1.53 bits per heavy atom. The van der Waals surface area contributed by atoms with E-state index in [4.69, 9.17) is 16.6 Å². The van der Waals surface area contributed by atoms with Crippen LogP contribution < -0.4 is 11.5 Å². The third kappa shape index (κ3) is 4.61. The van der Waals surface area contributed by atoms with Gasteiger partial charge in [0.15, 0.2) is 0 Å². The molecule has 0 aromatic heterocycles. The first-order valence-corrected chi connectivity index (χ1v) is 5.76.